The van der Waals surface area contributed by atoms with Crippen molar-refractivity contribution in [2.24, 2.45) is 0 Å². The normalized spacial score (nSPS) is 13.5. The van der Waals surface area contributed by atoms with Crippen molar-refractivity contribution in [2.75, 3.05) is 39.4 Å². The number of hydrogen-bond donors (Lipinski definition) is 2. The predicted octanol–water partition coefficient (Wildman–Crippen LogP) is 8.92. The highest BCUT2D eigenvalue weighted by Crippen LogP contribution is 2.14. The molecular weight excluding hydrogens is 498 g/mol. The molecule has 1 aliphatic heterocycles. The zero-order valence-corrected chi connectivity index (χ0v) is 26.6. The van der Waals surface area contributed by atoms with Crippen molar-refractivity contribution in [3.05, 3.63) is 0 Å². The van der Waals surface area contributed by atoms with Crippen LogP contribution in [-0.2, 0) is 9.53 Å². The van der Waals surface area contributed by atoms with Crippen LogP contribution in [0.15, 0.2) is 0 Å². The Morgan fingerprint density at radius 3 is 1.27 bits per heavy atom. The lowest BCUT2D eigenvalue weighted by Gasteiger charge is -2.26. The average Bonchev–Trinajstić information content (AvgIpc) is 2.97. The number of carbonyl (C=O) groups excluding carboxylic acids is 2. The highest BCUT2D eigenvalue weighted by Gasteiger charge is 2.15. The van der Waals surface area contributed by atoms with Gasteiger partial charge in [-0.15, -0.1) is 0 Å². The van der Waals surface area contributed by atoms with Crippen LogP contribution in [-0.4, -0.2) is 56.2 Å². The van der Waals surface area contributed by atoms with Crippen LogP contribution in [0.25, 0.3) is 0 Å². The van der Waals surface area contributed by atoms with Crippen molar-refractivity contribution in [3.63, 3.8) is 0 Å². The number of nitrogens with zero attached hydrogens (tertiary/aromatic N) is 1. The van der Waals surface area contributed by atoms with E-state index in [2.05, 4.69) is 17.6 Å². The zero-order chi connectivity index (χ0) is 28.8. The second-order valence-corrected chi connectivity index (χ2v) is 12.1. The van der Waals surface area contributed by atoms with Crippen molar-refractivity contribution in [3.8, 4) is 0 Å². The first-order valence-electron chi connectivity index (χ1n) is 17.6. The number of rotatable bonds is 28. The summed E-state index contributed by atoms with van der Waals surface area (Å²) >= 11 is 0. The molecule has 6 nitrogen and oxygen atoms in total. The van der Waals surface area contributed by atoms with Crippen molar-refractivity contribution in [1.29, 1.82) is 0 Å². The van der Waals surface area contributed by atoms with Crippen molar-refractivity contribution in [1.82, 2.24) is 15.5 Å². The molecular formula is C34H67N3O3. The van der Waals surface area contributed by atoms with E-state index in [0.29, 0.717) is 25.5 Å². The Hall–Kier alpha value is -1.30. The van der Waals surface area contributed by atoms with E-state index in [1.54, 1.807) is 0 Å². The Labute approximate surface area is 248 Å². The average molecular weight is 566 g/mol. The molecule has 1 heterocycles. The minimum Gasteiger partial charge on any atom is -0.378 e. The number of ether oxygens (including phenoxy) is 1. The zero-order valence-electron chi connectivity index (χ0n) is 26.6. The lowest BCUT2D eigenvalue weighted by atomic mass is 10.0. The molecule has 3 amide bonds. The highest BCUT2D eigenvalue weighted by molar-refractivity contribution is 5.76. The van der Waals surface area contributed by atoms with Gasteiger partial charge in [-0.2, -0.15) is 0 Å². The summed E-state index contributed by atoms with van der Waals surface area (Å²) in [5.74, 6) is 0.296. The topological polar surface area (TPSA) is 70.7 Å². The van der Waals surface area contributed by atoms with Gasteiger partial charge in [0.05, 0.1) is 13.2 Å². The number of hydrogen-bond acceptors (Lipinski definition) is 3. The van der Waals surface area contributed by atoms with Gasteiger partial charge in [-0.1, -0.05) is 142 Å². The Balaban J connectivity index is 1.70. The SMILES string of the molecule is CCCCCCCCCCCCCCCCCCNC(=O)NCCCCCCCCCCC(=O)N1CCOCC1. The third-order valence-electron chi connectivity index (χ3n) is 8.28. The Bertz CT molecular complexity index is 567. The maximum atomic E-state index is 12.1. The van der Waals surface area contributed by atoms with E-state index in [-0.39, 0.29) is 6.03 Å². The molecule has 0 saturated carbocycles. The Morgan fingerprint density at radius 1 is 0.525 bits per heavy atom. The molecule has 1 fully saturated rings. The van der Waals surface area contributed by atoms with E-state index < -0.39 is 0 Å². The monoisotopic (exact) mass is 566 g/mol. The fourth-order valence-corrected chi connectivity index (χ4v) is 5.57. The summed E-state index contributed by atoms with van der Waals surface area (Å²) in [6.07, 6.45) is 32.0. The highest BCUT2D eigenvalue weighted by atomic mass is 16.5. The van der Waals surface area contributed by atoms with Gasteiger partial charge < -0.3 is 20.3 Å². The molecule has 6 heteroatoms. The smallest absolute Gasteiger partial charge is 0.314 e. The van der Waals surface area contributed by atoms with E-state index in [0.717, 1.165) is 51.9 Å². The molecule has 0 radical (unpaired) electrons. The lowest BCUT2D eigenvalue weighted by molar-refractivity contribution is -0.135. The van der Waals surface area contributed by atoms with E-state index in [9.17, 15) is 9.59 Å². The van der Waals surface area contributed by atoms with Gasteiger partial charge in [0.2, 0.25) is 5.91 Å². The predicted molar refractivity (Wildman–Crippen MR) is 170 cm³/mol. The molecule has 0 atom stereocenters. The summed E-state index contributed by atoms with van der Waals surface area (Å²) in [7, 11) is 0. The first-order chi connectivity index (χ1) is 19.7. The molecule has 0 aromatic heterocycles. The fraction of sp³-hybridized carbons (Fsp3) is 0.941. The van der Waals surface area contributed by atoms with Crippen LogP contribution in [0.2, 0.25) is 0 Å². The second-order valence-electron chi connectivity index (χ2n) is 12.1. The second kappa shape index (κ2) is 29.2. The molecule has 2 N–H and O–H groups in total. The molecule has 0 spiro atoms. The Morgan fingerprint density at radius 2 is 0.875 bits per heavy atom. The molecule has 1 rings (SSSR count). The number of nitrogens with one attached hydrogen (secondary N) is 2. The molecule has 0 aliphatic carbocycles. The number of unbranched alkanes of at least 4 members (excludes halogenated alkanes) is 22. The molecule has 0 aromatic carbocycles. The molecule has 0 unspecified atom stereocenters. The largest absolute Gasteiger partial charge is 0.378 e. The summed E-state index contributed by atoms with van der Waals surface area (Å²) in [5, 5.41) is 6.01. The molecule has 236 valence electrons. The van der Waals surface area contributed by atoms with Crippen molar-refractivity contribution >= 4 is 11.9 Å². The minimum absolute atomic E-state index is 0.00687. The maximum absolute atomic E-state index is 12.1. The third kappa shape index (κ3) is 24.5. The van der Waals surface area contributed by atoms with Gasteiger partial charge in [-0.05, 0) is 19.3 Å². The van der Waals surface area contributed by atoms with Gasteiger partial charge >= 0.3 is 6.03 Å². The summed E-state index contributed by atoms with van der Waals surface area (Å²) in [4.78, 5) is 26.0. The Kier molecular flexibility index (Phi) is 26.8. The minimum atomic E-state index is -0.00687. The van der Waals surface area contributed by atoms with Gasteiger partial charge in [-0.25, -0.2) is 4.79 Å². The van der Waals surface area contributed by atoms with Gasteiger partial charge in [0.1, 0.15) is 0 Å². The van der Waals surface area contributed by atoms with Crippen LogP contribution in [0.1, 0.15) is 167 Å². The van der Waals surface area contributed by atoms with Crippen LogP contribution in [0, 0.1) is 0 Å². The van der Waals surface area contributed by atoms with E-state index >= 15 is 0 Å². The summed E-state index contributed by atoms with van der Waals surface area (Å²) < 4.78 is 5.30. The first kappa shape index (κ1) is 36.7. The summed E-state index contributed by atoms with van der Waals surface area (Å²) in [6.45, 7) is 6.74. The van der Waals surface area contributed by atoms with Crippen molar-refractivity contribution in [2.45, 2.75) is 167 Å². The van der Waals surface area contributed by atoms with E-state index in [1.807, 2.05) is 4.90 Å². The van der Waals surface area contributed by atoms with Crippen LogP contribution in [0.4, 0.5) is 4.79 Å². The third-order valence-corrected chi connectivity index (χ3v) is 8.28. The molecule has 0 aromatic rings. The van der Waals surface area contributed by atoms with Gasteiger partial charge in [0, 0.05) is 32.6 Å². The van der Waals surface area contributed by atoms with Crippen molar-refractivity contribution < 1.29 is 14.3 Å². The number of amides is 3. The molecule has 1 saturated heterocycles. The summed E-state index contributed by atoms with van der Waals surface area (Å²) in [6, 6.07) is -0.00687. The standard InChI is InChI=1S/C34H67N3O3/c1-2-3-4-5-6-7-8-9-10-11-12-13-15-18-21-24-27-35-34(39)36-28-25-22-19-16-14-17-20-23-26-33(38)37-29-31-40-32-30-37/h2-32H2,1H3,(H2,35,36,39). The van der Waals surface area contributed by atoms with Crippen LogP contribution >= 0.6 is 0 Å². The number of morpholine rings is 1. The summed E-state index contributed by atoms with van der Waals surface area (Å²) in [5.41, 5.74) is 0. The first-order valence-corrected chi connectivity index (χ1v) is 17.6. The van der Waals surface area contributed by atoms with Gasteiger partial charge in [0.15, 0.2) is 0 Å². The van der Waals surface area contributed by atoms with Crippen LogP contribution in [0.3, 0.4) is 0 Å². The fourth-order valence-electron chi connectivity index (χ4n) is 5.57. The lowest BCUT2D eigenvalue weighted by Crippen LogP contribution is -2.40. The van der Waals surface area contributed by atoms with E-state index in [4.69, 9.17) is 4.74 Å². The number of carbonyl (C=O) groups is 2. The quantitative estimate of drug-likeness (QED) is 0.0930. The number of urea groups is 1. The molecule has 1 aliphatic rings. The molecule has 0 bridgehead atoms. The van der Waals surface area contributed by atoms with Gasteiger partial charge in [0.25, 0.3) is 0 Å². The van der Waals surface area contributed by atoms with E-state index in [1.165, 1.54) is 128 Å². The van der Waals surface area contributed by atoms with Crippen LogP contribution in [0.5, 0.6) is 0 Å². The maximum Gasteiger partial charge on any atom is 0.314 e. The van der Waals surface area contributed by atoms with Crippen LogP contribution < -0.4 is 10.6 Å². The molecule has 40 heavy (non-hydrogen) atoms. The van der Waals surface area contributed by atoms with Gasteiger partial charge in [-0.3, -0.25) is 4.79 Å².